The average Bonchev–Trinajstić information content (AvgIpc) is 2.69. The smallest absolute Gasteiger partial charge is 0.175 e. The first-order valence-electron chi connectivity index (χ1n) is 5.88. The molecule has 0 aliphatic heterocycles. The predicted molar refractivity (Wildman–Crippen MR) is 67.2 cm³/mol. The highest BCUT2D eigenvalue weighted by molar-refractivity contribution is 6.32. The Bertz CT molecular complexity index is 524. The maximum atomic E-state index is 10.2. The van der Waals surface area contributed by atoms with Gasteiger partial charge in [-0.3, -0.25) is 4.40 Å². The van der Waals surface area contributed by atoms with E-state index in [-0.39, 0.29) is 0 Å². The lowest BCUT2D eigenvalue weighted by Gasteiger charge is -2.10. The molecule has 2 rings (SSSR count). The fraction of sp³-hybridized carbons (Fsp3) is 0.500. The van der Waals surface area contributed by atoms with Crippen LogP contribution in [0.4, 0.5) is 0 Å². The molecule has 0 spiro atoms. The molecule has 4 nitrogen and oxygen atoms in total. The SMILES string of the molecule is CCCC(O)c1c(CC)nc2c(Cl)nccn12. The average molecular weight is 254 g/mol. The summed E-state index contributed by atoms with van der Waals surface area (Å²) in [5.74, 6) is 0. The molecule has 0 aliphatic rings. The number of hydrogen-bond acceptors (Lipinski definition) is 3. The zero-order valence-corrected chi connectivity index (χ0v) is 10.8. The number of aryl methyl sites for hydroxylation is 1. The molecule has 17 heavy (non-hydrogen) atoms. The Labute approximate surface area is 105 Å². The molecule has 1 atom stereocenters. The van der Waals surface area contributed by atoms with Crippen LogP contribution < -0.4 is 0 Å². The molecule has 2 aromatic rings. The standard InChI is InChI=1S/C12H16ClN3O/c1-3-5-9(17)10-8(4-2)15-12-11(13)14-6-7-16(10)12/h6-7,9,17H,3-5H2,1-2H3. The van der Waals surface area contributed by atoms with E-state index in [1.807, 2.05) is 18.2 Å². The maximum absolute atomic E-state index is 10.2. The first-order valence-corrected chi connectivity index (χ1v) is 6.26. The van der Waals surface area contributed by atoms with Gasteiger partial charge in [-0.2, -0.15) is 0 Å². The number of fused-ring (bicyclic) bond motifs is 1. The van der Waals surface area contributed by atoms with Crippen LogP contribution in [0, 0.1) is 0 Å². The molecule has 0 bridgehead atoms. The van der Waals surface area contributed by atoms with Crippen molar-refractivity contribution in [3.8, 4) is 0 Å². The number of imidazole rings is 1. The lowest BCUT2D eigenvalue weighted by atomic mass is 10.1. The highest BCUT2D eigenvalue weighted by atomic mass is 35.5. The van der Waals surface area contributed by atoms with Crippen molar-refractivity contribution in [2.45, 2.75) is 39.2 Å². The minimum atomic E-state index is -0.497. The molecule has 0 fully saturated rings. The van der Waals surface area contributed by atoms with Gasteiger partial charge in [-0.05, 0) is 12.8 Å². The van der Waals surface area contributed by atoms with Gasteiger partial charge >= 0.3 is 0 Å². The van der Waals surface area contributed by atoms with E-state index < -0.39 is 6.10 Å². The minimum Gasteiger partial charge on any atom is -0.387 e. The summed E-state index contributed by atoms with van der Waals surface area (Å²) >= 11 is 6.00. The number of hydrogen-bond donors (Lipinski definition) is 1. The lowest BCUT2D eigenvalue weighted by molar-refractivity contribution is 0.159. The summed E-state index contributed by atoms with van der Waals surface area (Å²) in [5.41, 5.74) is 2.35. The highest BCUT2D eigenvalue weighted by Crippen LogP contribution is 2.26. The van der Waals surface area contributed by atoms with Gasteiger partial charge in [0, 0.05) is 12.4 Å². The second-order valence-electron chi connectivity index (χ2n) is 4.01. The summed E-state index contributed by atoms with van der Waals surface area (Å²) in [6, 6.07) is 0. The summed E-state index contributed by atoms with van der Waals surface area (Å²) in [6.45, 7) is 4.07. The Balaban J connectivity index is 2.62. The van der Waals surface area contributed by atoms with Crippen molar-refractivity contribution in [1.29, 1.82) is 0 Å². The number of halogens is 1. The monoisotopic (exact) mass is 253 g/mol. The van der Waals surface area contributed by atoms with Gasteiger partial charge in [-0.1, -0.05) is 31.9 Å². The van der Waals surface area contributed by atoms with Crippen LogP contribution in [0.5, 0.6) is 0 Å². The minimum absolute atomic E-state index is 0.372. The summed E-state index contributed by atoms with van der Waals surface area (Å²) in [4.78, 5) is 8.44. The molecule has 2 heterocycles. The van der Waals surface area contributed by atoms with Crippen molar-refractivity contribution in [3.05, 3.63) is 28.9 Å². The molecule has 0 radical (unpaired) electrons. The Hall–Kier alpha value is -1.13. The molecule has 5 heteroatoms. The number of aliphatic hydroxyl groups excluding tert-OH is 1. The van der Waals surface area contributed by atoms with Gasteiger partial charge < -0.3 is 5.11 Å². The van der Waals surface area contributed by atoms with Gasteiger partial charge in [0.25, 0.3) is 0 Å². The van der Waals surface area contributed by atoms with Gasteiger partial charge in [0.2, 0.25) is 0 Å². The molecule has 0 saturated carbocycles. The van der Waals surface area contributed by atoms with Gasteiger partial charge in [0.15, 0.2) is 10.8 Å². The fourth-order valence-corrected chi connectivity index (χ4v) is 2.22. The molecule has 0 amide bonds. The van der Waals surface area contributed by atoms with Gasteiger partial charge in [-0.15, -0.1) is 0 Å². The van der Waals surface area contributed by atoms with Crippen molar-refractivity contribution >= 4 is 17.2 Å². The first kappa shape index (κ1) is 12.3. The molecule has 1 unspecified atom stereocenters. The third-order valence-electron chi connectivity index (χ3n) is 2.83. The first-order chi connectivity index (χ1) is 8.19. The second kappa shape index (κ2) is 5.02. The van der Waals surface area contributed by atoms with E-state index in [0.29, 0.717) is 10.8 Å². The Morgan fingerprint density at radius 3 is 2.88 bits per heavy atom. The van der Waals surface area contributed by atoms with Crippen LogP contribution in [0.2, 0.25) is 5.15 Å². The normalized spacial score (nSPS) is 13.2. The van der Waals surface area contributed by atoms with Crippen LogP contribution in [0.1, 0.15) is 44.2 Å². The number of aliphatic hydroxyl groups is 1. The molecule has 0 aromatic carbocycles. The Morgan fingerprint density at radius 1 is 1.47 bits per heavy atom. The van der Waals surface area contributed by atoms with Crippen LogP contribution in [-0.2, 0) is 6.42 Å². The van der Waals surface area contributed by atoms with Crippen LogP contribution in [0.25, 0.3) is 5.65 Å². The summed E-state index contributed by atoms with van der Waals surface area (Å²) in [7, 11) is 0. The number of nitrogens with zero attached hydrogens (tertiary/aromatic N) is 3. The second-order valence-corrected chi connectivity index (χ2v) is 4.37. The molecular formula is C12H16ClN3O. The molecule has 92 valence electrons. The molecule has 1 N–H and O–H groups in total. The number of aromatic nitrogens is 3. The topological polar surface area (TPSA) is 50.4 Å². The third-order valence-corrected chi connectivity index (χ3v) is 3.09. The lowest BCUT2D eigenvalue weighted by Crippen LogP contribution is -2.04. The van der Waals surface area contributed by atoms with Crippen LogP contribution in [0.15, 0.2) is 12.4 Å². The predicted octanol–water partition coefficient (Wildman–Crippen LogP) is 2.78. The molecule has 0 aliphatic carbocycles. The van der Waals surface area contributed by atoms with Crippen LogP contribution in [0.3, 0.4) is 0 Å². The fourth-order valence-electron chi connectivity index (χ4n) is 2.03. The van der Waals surface area contributed by atoms with Crippen LogP contribution >= 0.6 is 11.6 Å². The quantitative estimate of drug-likeness (QED) is 0.912. The third kappa shape index (κ3) is 2.15. The van der Waals surface area contributed by atoms with Crippen molar-refractivity contribution in [1.82, 2.24) is 14.4 Å². The van der Waals surface area contributed by atoms with Gasteiger partial charge in [0.1, 0.15) is 0 Å². The van der Waals surface area contributed by atoms with E-state index in [4.69, 9.17) is 11.6 Å². The van der Waals surface area contributed by atoms with Gasteiger partial charge in [0.05, 0.1) is 17.5 Å². The molecular weight excluding hydrogens is 238 g/mol. The molecule has 0 saturated heterocycles. The van der Waals surface area contributed by atoms with Crippen molar-refractivity contribution in [3.63, 3.8) is 0 Å². The zero-order valence-electron chi connectivity index (χ0n) is 10.0. The van der Waals surface area contributed by atoms with E-state index in [0.717, 1.165) is 30.7 Å². The number of rotatable bonds is 4. The van der Waals surface area contributed by atoms with E-state index in [1.54, 1.807) is 12.4 Å². The van der Waals surface area contributed by atoms with E-state index >= 15 is 0 Å². The van der Waals surface area contributed by atoms with Crippen molar-refractivity contribution in [2.24, 2.45) is 0 Å². The summed E-state index contributed by atoms with van der Waals surface area (Å²) < 4.78 is 1.84. The highest BCUT2D eigenvalue weighted by Gasteiger charge is 2.19. The van der Waals surface area contributed by atoms with E-state index in [9.17, 15) is 5.11 Å². The van der Waals surface area contributed by atoms with E-state index in [1.165, 1.54) is 0 Å². The van der Waals surface area contributed by atoms with E-state index in [2.05, 4.69) is 9.97 Å². The maximum Gasteiger partial charge on any atom is 0.175 e. The largest absolute Gasteiger partial charge is 0.387 e. The zero-order chi connectivity index (χ0) is 12.4. The van der Waals surface area contributed by atoms with Crippen LogP contribution in [-0.4, -0.2) is 19.5 Å². The Morgan fingerprint density at radius 2 is 2.24 bits per heavy atom. The van der Waals surface area contributed by atoms with Crippen molar-refractivity contribution < 1.29 is 5.11 Å². The summed E-state index contributed by atoms with van der Waals surface area (Å²) in [5, 5.41) is 10.6. The van der Waals surface area contributed by atoms with Gasteiger partial charge in [-0.25, -0.2) is 9.97 Å². The summed E-state index contributed by atoms with van der Waals surface area (Å²) in [6.07, 6.45) is 5.34. The molecule has 2 aromatic heterocycles. The Kier molecular flexibility index (Phi) is 3.64. The van der Waals surface area contributed by atoms with Crippen molar-refractivity contribution in [2.75, 3.05) is 0 Å².